The summed E-state index contributed by atoms with van der Waals surface area (Å²) in [6, 6.07) is 13.4. The summed E-state index contributed by atoms with van der Waals surface area (Å²) in [5.74, 6) is 0.000934. The molecule has 2 aromatic carbocycles. The smallest absolute Gasteiger partial charge is 0.408 e. The van der Waals surface area contributed by atoms with Gasteiger partial charge in [-0.1, -0.05) is 44.2 Å². The average molecular weight is 458 g/mol. The molecule has 32 heavy (non-hydrogen) atoms. The predicted molar refractivity (Wildman–Crippen MR) is 120 cm³/mol. The fourth-order valence-corrected chi connectivity index (χ4v) is 5.36. The lowest BCUT2D eigenvalue weighted by Crippen LogP contribution is -2.44. The zero-order valence-electron chi connectivity index (χ0n) is 18.2. The van der Waals surface area contributed by atoms with Gasteiger partial charge in [0, 0.05) is 25.7 Å². The van der Waals surface area contributed by atoms with E-state index in [-0.39, 0.29) is 29.5 Å². The normalized spacial score (nSPS) is 19.4. The Morgan fingerprint density at radius 3 is 2.47 bits per heavy atom. The molecule has 9 heteroatoms. The van der Waals surface area contributed by atoms with E-state index in [1.807, 2.05) is 30.3 Å². The first-order valence-corrected chi connectivity index (χ1v) is 12.2. The van der Waals surface area contributed by atoms with Crippen molar-refractivity contribution in [1.29, 1.82) is 0 Å². The molecule has 1 aliphatic heterocycles. The van der Waals surface area contributed by atoms with Crippen molar-refractivity contribution in [3.05, 3.63) is 64.6 Å². The first-order valence-electron chi connectivity index (χ1n) is 10.7. The van der Waals surface area contributed by atoms with Crippen molar-refractivity contribution in [1.82, 2.24) is 14.2 Å². The Hall–Kier alpha value is -2.91. The summed E-state index contributed by atoms with van der Waals surface area (Å²) in [6.45, 7) is 5.58. The molecule has 170 valence electrons. The second-order valence-electron chi connectivity index (χ2n) is 8.64. The van der Waals surface area contributed by atoms with E-state index in [0.29, 0.717) is 30.4 Å². The molecular formula is C23H27N3O5S. The Balaban J connectivity index is 1.53. The number of hydrogen-bond acceptors (Lipinski definition) is 5. The molecule has 0 aliphatic carbocycles. The maximum Gasteiger partial charge on any atom is 0.420 e. The van der Waals surface area contributed by atoms with Crippen molar-refractivity contribution < 1.29 is 17.6 Å². The van der Waals surface area contributed by atoms with Crippen LogP contribution in [0.4, 0.5) is 0 Å². The summed E-state index contributed by atoms with van der Waals surface area (Å²) in [7, 11) is -3.80. The summed E-state index contributed by atoms with van der Waals surface area (Å²) >= 11 is 0. The third-order valence-electron chi connectivity index (χ3n) is 5.77. The zero-order valence-corrected chi connectivity index (χ0v) is 19.0. The largest absolute Gasteiger partial charge is 0.420 e. The SMILES string of the molecule is C[C@@H]1C[C@H](C)CN(C(=O)Cn2c(=O)oc3cc(S(=O)(=O)NCc4ccccc4)ccc32)C1. The minimum Gasteiger partial charge on any atom is -0.408 e. The van der Waals surface area contributed by atoms with Crippen LogP contribution in [0.5, 0.6) is 0 Å². The van der Waals surface area contributed by atoms with Crippen LogP contribution >= 0.6 is 0 Å². The lowest BCUT2D eigenvalue weighted by atomic mass is 9.92. The van der Waals surface area contributed by atoms with Crippen molar-refractivity contribution in [3.63, 3.8) is 0 Å². The van der Waals surface area contributed by atoms with E-state index in [4.69, 9.17) is 4.42 Å². The molecule has 0 bridgehead atoms. The Morgan fingerprint density at radius 1 is 1.09 bits per heavy atom. The van der Waals surface area contributed by atoms with Crippen LogP contribution in [-0.4, -0.2) is 36.9 Å². The maximum absolute atomic E-state index is 12.8. The number of oxazole rings is 1. The fraction of sp³-hybridized carbons (Fsp3) is 0.391. The van der Waals surface area contributed by atoms with Crippen LogP contribution in [0.2, 0.25) is 0 Å². The van der Waals surface area contributed by atoms with Crippen LogP contribution in [0.3, 0.4) is 0 Å². The number of hydrogen-bond donors (Lipinski definition) is 1. The van der Waals surface area contributed by atoms with Gasteiger partial charge in [0.25, 0.3) is 0 Å². The highest BCUT2D eigenvalue weighted by atomic mass is 32.2. The summed E-state index contributed by atoms with van der Waals surface area (Å²) in [5, 5.41) is 0. The molecule has 1 fully saturated rings. The molecule has 0 saturated carbocycles. The Morgan fingerprint density at radius 2 is 1.78 bits per heavy atom. The van der Waals surface area contributed by atoms with Gasteiger partial charge in [0.05, 0.1) is 10.4 Å². The van der Waals surface area contributed by atoms with Gasteiger partial charge >= 0.3 is 5.76 Å². The summed E-state index contributed by atoms with van der Waals surface area (Å²) < 4.78 is 34.5. The number of carbonyl (C=O) groups is 1. The van der Waals surface area contributed by atoms with E-state index in [9.17, 15) is 18.0 Å². The van der Waals surface area contributed by atoms with Gasteiger partial charge in [-0.2, -0.15) is 0 Å². The minimum absolute atomic E-state index is 0.00756. The standard InChI is InChI=1S/C23H27N3O5S/c1-16-10-17(2)14-25(13-16)22(27)15-26-20-9-8-19(11-21(20)31-23(26)28)32(29,30)24-12-18-6-4-3-5-7-18/h3-9,11,16-17,24H,10,12-15H2,1-2H3/t16-,17+. The molecule has 0 unspecified atom stereocenters. The van der Waals surface area contributed by atoms with Gasteiger partial charge in [-0.25, -0.2) is 17.9 Å². The molecule has 8 nitrogen and oxygen atoms in total. The van der Waals surface area contributed by atoms with Gasteiger partial charge in [0.2, 0.25) is 15.9 Å². The van der Waals surface area contributed by atoms with Gasteiger partial charge in [0.1, 0.15) is 6.54 Å². The molecule has 1 amide bonds. The maximum atomic E-state index is 12.8. The number of carbonyl (C=O) groups excluding carboxylic acids is 1. The predicted octanol–water partition coefficient (Wildman–Crippen LogP) is 2.58. The number of sulfonamides is 1. The third-order valence-corrected chi connectivity index (χ3v) is 7.17. The number of nitrogens with one attached hydrogen (secondary N) is 1. The number of fused-ring (bicyclic) bond motifs is 1. The molecular weight excluding hydrogens is 430 g/mol. The van der Waals surface area contributed by atoms with Crippen molar-refractivity contribution in [2.45, 2.75) is 38.3 Å². The molecule has 1 N–H and O–H groups in total. The monoisotopic (exact) mass is 457 g/mol. The van der Waals surface area contributed by atoms with Gasteiger partial charge in [-0.15, -0.1) is 0 Å². The topological polar surface area (TPSA) is 102 Å². The summed E-state index contributed by atoms with van der Waals surface area (Å²) in [5.41, 5.74) is 1.35. The molecule has 1 aliphatic rings. The quantitative estimate of drug-likeness (QED) is 0.613. The molecule has 0 spiro atoms. The van der Waals surface area contributed by atoms with Crippen molar-refractivity contribution >= 4 is 27.0 Å². The molecule has 2 heterocycles. The van der Waals surface area contributed by atoms with Crippen LogP contribution < -0.4 is 10.5 Å². The van der Waals surface area contributed by atoms with Crippen LogP contribution in [0, 0.1) is 11.8 Å². The summed E-state index contributed by atoms with van der Waals surface area (Å²) in [4.78, 5) is 27.0. The van der Waals surface area contributed by atoms with Crippen LogP contribution in [-0.2, 0) is 27.9 Å². The lowest BCUT2D eigenvalue weighted by Gasteiger charge is -2.35. The highest BCUT2D eigenvalue weighted by molar-refractivity contribution is 7.89. The highest BCUT2D eigenvalue weighted by Crippen LogP contribution is 2.22. The average Bonchev–Trinajstić information content (AvgIpc) is 3.06. The van der Waals surface area contributed by atoms with Crippen LogP contribution in [0.1, 0.15) is 25.8 Å². The first-order chi connectivity index (χ1) is 15.2. The van der Waals surface area contributed by atoms with E-state index in [1.165, 1.54) is 22.8 Å². The summed E-state index contributed by atoms with van der Waals surface area (Å²) in [6.07, 6.45) is 1.08. The molecule has 2 atom stereocenters. The van der Waals surface area contributed by atoms with Gasteiger partial charge < -0.3 is 9.32 Å². The molecule has 1 aromatic heterocycles. The minimum atomic E-state index is -3.80. The van der Waals surface area contributed by atoms with Crippen molar-refractivity contribution in [2.75, 3.05) is 13.1 Å². The van der Waals surface area contributed by atoms with Crippen LogP contribution in [0.25, 0.3) is 11.1 Å². The Bertz CT molecular complexity index is 1270. The molecule has 0 radical (unpaired) electrons. The van der Waals surface area contributed by atoms with E-state index in [1.54, 1.807) is 4.90 Å². The number of nitrogens with zero attached hydrogens (tertiary/aromatic N) is 2. The van der Waals surface area contributed by atoms with Crippen molar-refractivity contribution in [2.24, 2.45) is 11.8 Å². The van der Waals surface area contributed by atoms with E-state index in [2.05, 4.69) is 18.6 Å². The molecule has 4 rings (SSSR count). The van der Waals surface area contributed by atoms with Gasteiger partial charge in [0.15, 0.2) is 5.58 Å². The zero-order chi connectivity index (χ0) is 22.9. The van der Waals surface area contributed by atoms with E-state index >= 15 is 0 Å². The Labute approximate surface area is 186 Å². The number of benzene rings is 2. The lowest BCUT2D eigenvalue weighted by molar-refractivity contribution is -0.134. The van der Waals surface area contributed by atoms with Gasteiger partial charge in [-0.3, -0.25) is 9.36 Å². The molecule has 1 saturated heterocycles. The van der Waals surface area contributed by atoms with Gasteiger partial charge in [-0.05, 0) is 36.0 Å². The molecule has 3 aromatic rings. The van der Waals surface area contributed by atoms with Crippen molar-refractivity contribution in [3.8, 4) is 0 Å². The number of aromatic nitrogens is 1. The van der Waals surface area contributed by atoms with Crippen LogP contribution in [0.15, 0.2) is 62.6 Å². The number of piperidine rings is 1. The second-order valence-corrected chi connectivity index (χ2v) is 10.4. The van der Waals surface area contributed by atoms with E-state index < -0.39 is 15.8 Å². The fourth-order valence-electron chi connectivity index (χ4n) is 4.32. The first kappa shape index (κ1) is 22.3. The number of likely N-dealkylation sites (tertiary alicyclic amines) is 1. The van der Waals surface area contributed by atoms with E-state index in [0.717, 1.165) is 12.0 Å². The second kappa shape index (κ2) is 8.91. The Kier molecular flexibility index (Phi) is 6.21. The third kappa shape index (κ3) is 4.78. The number of amides is 1. The highest BCUT2D eigenvalue weighted by Gasteiger charge is 2.26. The number of rotatable bonds is 6.